The van der Waals surface area contributed by atoms with Crippen LogP contribution in [0.5, 0.6) is 5.88 Å². The van der Waals surface area contributed by atoms with Crippen molar-refractivity contribution >= 4 is 52.2 Å². The van der Waals surface area contributed by atoms with Gasteiger partial charge in [-0.2, -0.15) is 4.98 Å². The largest absolute Gasteiger partial charge is 0.478 e. The van der Waals surface area contributed by atoms with Crippen LogP contribution in [-0.4, -0.2) is 54.6 Å². The number of halogens is 1. The number of fused-ring (bicyclic) bond motifs is 1. The molecule has 0 radical (unpaired) electrons. The summed E-state index contributed by atoms with van der Waals surface area (Å²) in [7, 11) is 1.96. The number of nitrogens with one attached hydrogen (secondary N) is 2. The normalized spacial score (nSPS) is 16.0. The van der Waals surface area contributed by atoms with Crippen molar-refractivity contribution in [1.29, 1.82) is 0 Å². The molecule has 11 nitrogen and oxygen atoms in total. The number of hydrogen-bond acceptors (Lipinski definition) is 7. The Kier molecular flexibility index (Phi) is 8.77. The average molecular weight is 643 g/mol. The fraction of sp³-hybridized carbons (Fsp3) is 0.353. The number of amides is 2. The molecule has 4 aromatic rings. The van der Waals surface area contributed by atoms with Gasteiger partial charge < -0.3 is 25.0 Å². The first kappa shape index (κ1) is 31.2. The number of hydrogen-bond donors (Lipinski definition) is 3. The molecule has 46 heavy (non-hydrogen) atoms. The minimum absolute atomic E-state index is 0.195. The van der Waals surface area contributed by atoms with Crippen LogP contribution < -0.4 is 15.4 Å². The van der Waals surface area contributed by atoms with Crippen molar-refractivity contribution < 1.29 is 24.2 Å². The third-order valence-corrected chi connectivity index (χ3v) is 9.11. The average Bonchev–Trinajstić information content (AvgIpc) is 3.65. The molecule has 3 heterocycles. The van der Waals surface area contributed by atoms with Gasteiger partial charge in [-0.25, -0.2) is 14.8 Å². The maximum atomic E-state index is 13.7. The Balaban J connectivity index is 1.26. The van der Waals surface area contributed by atoms with Gasteiger partial charge in [-0.3, -0.25) is 9.59 Å². The van der Waals surface area contributed by atoms with Gasteiger partial charge in [-0.15, -0.1) is 0 Å². The van der Waals surface area contributed by atoms with Gasteiger partial charge in [0.1, 0.15) is 11.4 Å². The van der Waals surface area contributed by atoms with Crippen LogP contribution in [0, 0.1) is 0 Å². The van der Waals surface area contributed by atoms with Crippen molar-refractivity contribution in [3.63, 3.8) is 0 Å². The Morgan fingerprint density at radius 2 is 1.85 bits per heavy atom. The van der Waals surface area contributed by atoms with Crippen LogP contribution in [0.1, 0.15) is 79.3 Å². The number of ether oxygens (including phenoxy) is 1. The van der Waals surface area contributed by atoms with E-state index in [-0.39, 0.29) is 23.5 Å². The Labute approximate surface area is 271 Å². The fourth-order valence-corrected chi connectivity index (χ4v) is 6.56. The van der Waals surface area contributed by atoms with Gasteiger partial charge in [-0.05, 0) is 80.9 Å². The number of carboxylic acid groups (broad SMARTS) is 1. The van der Waals surface area contributed by atoms with Crippen molar-refractivity contribution in [3.05, 3.63) is 70.5 Å². The third-order valence-electron chi connectivity index (χ3n) is 8.91. The number of aromatic nitrogens is 4. The van der Waals surface area contributed by atoms with Crippen LogP contribution in [0.25, 0.3) is 28.5 Å². The highest BCUT2D eigenvalue weighted by molar-refractivity contribution is 6.30. The molecular weight excluding hydrogens is 608 g/mol. The highest BCUT2D eigenvalue weighted by Gasteiger charge is 2.46. The fourth-order valence-electron chi connectivity index (χ4n) is 6.47. The second kappa shape index (κ2) is 12.9. The number of pyridine rings is 1. The van der Waals surface area contributed by atoms with Gasteiger partial charge in [0.2, 0.25) is 5.88 Å². The number of rotatable bonds is 10. The Morgan fingerprint density at radius 3 is 2.50 bits per heavy atom. The molecule has 0 atom stereocenters. The highest BCUT2D eigenvalue weighted by atomic mass is 35.5. The van der Waals surface area contributed by atoms with E-state index in [1.807, 2.05) is 29.8 Å². The summed E-state index contributed by atoms with van der Waals surface area (Å²) in [6, 6.07) is 8.86. The van der Waals surface area contributed by atoms with Crippen LogP contribution >= 0.6 is 11.6 Å². The molecule has 3 aromatic heterocycles. The van der Waals surface area contributed by atoms with Gasteiger partial charge in [-0.1, -0.05) is 30.5 Å². The van der Waals surface area contributed by atoms with Crippen LogP contribution in [0.4, 0.5) is 5.82 Å². The lowest BCUT2D eigenvalue weighted by molar-refractivity contribution is -0.131. The molecule has 0 saturated heterocycles. The van der Waals surface area contributed by atoms with Crippen molar-refractivity contribution in [2.75, 3.05) is 11.9 Å². The lowest BCUT2D eigenvalue weighted by Crippen LogP contribution is -2.61. The van der Waals surface area contributed by atoms with E-state index < -0.39 is 11.5 Å². The van der Waals surface area contributed by atoms with E-state index >= 15 is 0 Å². The zero-order chi connectivity index (χ0) is 32.4. The van der Waals surface area contributed by atoms with E-state index in [9.17, 15) is 14.4 Å². The maximum absolute atomic E-state index is 13.7. The smallest absolute Gasteiger partial charge is 0.328 e. The predicted molar refractivity (Wildman–Crippen MR) is 175 cm³/mol. The number of carbonyl (C=O) groups excluding carboxylic acids is 2. The summed E-state index contributed by atoms with van der Waals surface area (Å²) in [6.07, 6.45) is 11.8. The third kappa shape index (κ3) is 6.06. The second-order valence-electron chi connectivity index (χ2n) is 11.8. The number of carbonyl (C=O) groups is 3. The lowest BCUT2D eigenvalue weighted by atomic mass is 9.75. The Morgan fingerprint density at radius 1 is 1.11 bits per heavy atom. The molecule has 2 fully saturated rings. The van der Waals surface area contributed by atoms with E-state index in [0.717, 1.165) is 41.9 Å². The quantitative estimate of drug-likeness (QED) is 0.175. The summed E-state index contributed by atoms with van der Waals surface area (Å²) in [5.74, 6) is -0.419. The van der Waals surface area contributed by atoms with Gasteiger partial charge in [0.05, 0.1) is 17.3 Å². The zero-order valence-corrected chi connectivity index (χ0v) is 26.4. The van der Waals surface area contributed by atoms with E-state index in [0.29, 0.717) is 47.3 Å². The molecule has 6 rings (SSSR count). The van der Waals surface area contributed by atoms with Gasteiger partial charge in [0.15, 0.2) is 5.82 Å². The first-order valence-corrected chi connectivity index (χ1v) is 15.9. The number of benzene rings is 1. The second-order valence-corrected chi connectivity index (χ2v) is 12.2. The topological polar surface area (TPSA) is 148 Å². The van der Waals surface area contributed by atoms with Crippen molar-refractivity contribution in [2.24, 2.45) is 7.05 Å². The summed E-state index contributed by atoms with van der Waals surface area (Å²) >= 11 is 6.09. The summed E-state index contributed by atoms with van der Waals surface area (Å²) < 4.78 is 7.62. The highest BCUT2D eigenvalue weighted by Crippen LogP contribution is 2.44. The summed E-state index contributed by atoms with van der Waals surface area (Å²) in [6.45, 7) is 2.09. The summed E-state index contributed by atoms with van der Waals surface area (Å²) in [5.41, 5.74) is 2.83. The van der Waals surface area contributed by atoms with E-state index in [1.54, 1.807) is 31.5 Å². The first-order chi connectivity index (χ1) is 22.2. The minimum Gasteiger partial charge on any atom is -0.478 e. The summed E-state index contributed by atoms with van der Waals surface area (Å²) in [4.78, 5) is 51.7. The van der Waals surface area contributed by atoms with Crippen LogP contribution in [-0.2, 0) is 16.6 Å². The summed E-state index contributed by atoms with van der Waals surface area (Å²) in [5, 5.41) is 16.3. The molecular formula is C34H35ClN6O5. The Bertz CT molecular complexity index is 1840. The number of aryl methyl sites for hydroxylation is 1. The zero-order valence-electron chi connectivity index (χ0n) is 25.7. The molecule has 12 heteroatoms. The molecule has 0 bridgehead atoms. The molecule has 2 aliphatic carbocycles. The monoisotopic (exact) mass is 642 g/mol. The minimum atomic E-state index is -1.10. The number of carboxylic acids is 1. The van der Waals surface area contributed by atoms with E-state index in [4.69, 9.17) is 21.4 Å². The lowest BCUT2D eigenvalue weighted by Gasteiger charge is -2.40. The van der Waals surface area contributed by atoms with E-state index in [1.165, 1.54) is 24.5 Å². The maximum Gasteiger partial charge on any atom is 0.328 e. The van der Waals surface area contributed by atoms with Crippen LogP contribution in [0.2, 0.25) is 5.02 Å². The van der Waals surface area contributed by atoms with Crippen molar-refractivity contribution in [3.8, 4) is 17.4 Å². The molecule has 0 unspecified atom stereocenters. The van der Waals surface area contributed by atoms with Crippen molar-refractivity contribution in [2.45, 2.75) is 63.3 Å². The first-order valence-electron chi connectivity index (χ1n) is 15.5. The molecule has 238 valence electrons. The van der Waals surface area contributed by atoms with Crippen LogP contribution in [0.15, 0.2) is 48.8 Å². The molecule has 1 aromatic carbocycles. The van der Waals surface area contributed by atoms with E-state index in [2.05, 4.69) is 25.6 Å². The Hall–Kier alpha value is -4.77. The standard InChI is InChI=1S/C34H35ClN6O5/c1-3-46-32-21(11-14-27(42)43)10-13-26(38-32)39-33(45)34(15-6-16-34)40-31(44)22-9-12-24-25(17-22)41(2)29(28(24)20-7-4-5-8-20)30-36-18-23(35)19-37-30/h9-14,17-20H,3-8,15-16H2,1-2H3,(H,40,44)(H,42,43)(H,38,39,45)/b14-11+. The van der Waals surface area contributed by atoms with Crippen LogP contribution in [0.3, 0.4) is 0 Å². The molecule has 0 spiro atoms. The SMILES string of the molecule is CCOc1nc(NC(=O)C2(NC(=O)c3ccc4c(C5CCCC5)c(-c5ncc(Cl)cn5)n(C)c4c3)CCC2)ccc1/C=C/C(=O)O. The predicted octanol–water partition coefficient (Wildman–Crippen LogP) is 6.13. The van der Waals surface area contributed by atoms with Gasteiger partial charge in [0, 0.05) is 47.5 Å². The number of anilines is 1. The molecule has 2 amide bonds. The van der Waals surface area contributed by atoms with Gasteiger partial charge >= 0.3 is 5.97 Å². The number of aliphatic carboxylic acids is 1. The molecule has 3 N–H and O–H groups in total. The molecule has 0 aliphatic heterocycles. The van der Waals surface area contributed by atoms with Crippen molar-refractivity contribution in [1.82, 2.24) is 24.8 Å². The molecule has 2 saturated carbocycles. The number of nitrogens with zero attached hydrogens (tertiary/aromatic N) is 4. The van der Waals surface area contributed by atoms with Gasteiger partial charge in [0.25, 0.3) is 11.8 Å². The molecule has 2 aliphatic rings.